The number of rotatable bonds is 1. The molecule has 3 nitrogen and oxygen atoms in total. The van der Waals surface area contributed by atoms with Crippen LogP contribution in [0.3, 0.4) is 0 Å². The van der Waals surface area contributed by atoms with E-state index in [1.807, 2.05) is 39.2 Å². The average molecular weight is 246 g/mol. The van der Waals surface area contributed by atoms with E-state index in [1.54, 1.807) is 15.9 Å². The highest BCUT2D eigenvalue weighted by Gasteiger charge is 2.39. The summed E-state index contributed by atoms with van der Waals surface area (Å²) in [7, 11) is 3.71. The Morgan fingerprint density at radius 3 is 2.06 bits per heavy atom. The number of benzene rings is 1. The molecule has 18 heavy (non-hydrogen) atoms. The summed E-state index contributed by atoms with van der Waals surface area (Å²) >= 11 is 0. The lowest BCUT2D eigenvalue weighted by Gasteiger charge is -2.22. The molecule has 1 aliphatic rings. The van der Waals surface area contributed by atoms with E-state index in [1.165, 1.54) is 5.56 Å². The van der Waals surface area contributed by atoms with Crippen molar-refractivity contribution < 1.29 is 4.79 Å². The zero-order valence-electron chi connectivity index (χ0n) is 11.6. The van der Waals surface area contributed by atoms with Gasteiger partial charge in [-0.1, -0.05) is 36.4 Å². The molecular weight excluding hydrogens is 224 g/mol. The third kappa shape index (κ3) is 2.73. The lowest BCUT2D eigenvalue weighted by atomic mass is 10.0. The second kappa shape index (κ2) is 6.24. The van der Waals surface area contributed by atoms with Crippen molar-refractivity contribution in [3.63, 3.8) is 0 Å². The van der Waals surface area contributed by atoms with Crippen molar-refractivity contribution in [1.29, 1.82) is 0 Å². The van der Waals surface area contributed by atoms with Crippen LogP contribution in [-0.4, -0.2) is 36.0 Å². The Morgan fingerprint density at radius 2 is 1.67 bits per heavy atom. The van der Waals surface area contributed by atoms with Gasteiger partial charge >= 0.3 is 6.03 Å². The molecule has 2 rings (SSSR count). The zero-order valence-corrected chi connectivity index (χ0v) is 11.6. The summed E-state index contributed by atoms with van der Waals surface area (Å²) in [6.45, 7) is 7.33. The van der Waals surface area contributed by atoms with Gasteiger partial charge in [0.15, 0.2) is 0 Å². The monoisotopic (exact) mass is 246 g/mol. The molecule has 0 spiro atoms. The van der Waals surface area contributed by atoms with E-state index in [4.69, 9.17) is 0 Å². The first-order valence-electron chi connectivity index (χ1n) is 6.16. The second-order valence-electron chi connectivity index (χ2n) is 4.51. The van der Waals surface area contributed by atoms with Crippen molar-refractivity contribution in [3.8, 4) is 0 Å². The number of allylic oxidation sites excluding steroid dienone is 1. The van der Waals surface area contributed by atoms with Gasteiger partial charge < -0.3 is 9.80 Å². The van der Waals surface area contributed by atoms with Crippen LogP contribution in [0.1, 0.15) is 25.5 Å². The molecule has 1 fully saturated rings. The molecule has 1 aromatic carbocycles. The Bertz CT molecular complexity index is 402. The molecule has 2 unspecified atom stereocenters. The minimum Gasteiger partial charge on any atom is -0.323 e. The van der Waals surface area contributed by atoms with Gasteiger partial charge in [0, 0.05) is 14.1 Å². The third-order valence-electron chi connectivity index (χ3n) is 3.23. The van der Waals surface area contributed by atoms with Gasteiger partial charge in [-0.25, -0.2) is 4.79 Å². The first-order chi connectivity index (χ1) is 8.54. The van der Waals surface area contributed by atoms with E-state index in [9.17, 15) is 4.79 Å². The molecule has 3 heteroatoms. The summed E-state index contributed by atoms with van der Waals surface area (Å²) in [6.07, 6.45) is 1.75. The van der Waals surface area contributed by atoms with Crippen LogP contribution in [0.4, 0.5) is 4.79 Å². The lowest BCUT2D eigenvalue weighted by molar-refractivity contribution is 0.200. The van der Waals surface area contributed by atoms with Gasteiger partial charge in [0.2, 0.25) is 0 Å². The fraction of sp³-hybridized carbons (Fsp3) is 0.400. The van der Waals surface area contributed by atoms with Crippen LogP contribution in [0.15, 0.2) is 43.0 Å². The summed E-state index contributed by atoms with van der Waals surface area (Å²) in [5.74, 6) is 0. The highest BCUT2D eigenvalue weighted by Crippen LogP contribution is 2.32. The molecular formula is C15H22N2O. The summed E-state index contributed by atoms with van der Waals surface area (Å²) in [5.41, 5.74) is 1.20. The predicted molar refractivity (Wildman–Crippen MR) is 75.4 cm³/mol. The van der Waals surface area contributed by atoms with E-state index in [0.29, 0.717) is 0 Å². The normalized spacial score (nSPS) is 22.6. The van der Waals surface area contributed by atoms with Gasteiger partial charge in [-0.2, -0.15) is 0 Å². The molecule has 0 bridgehead atoms. The number of carbonyl (C=O) groups is 1. The van der Waals surface area contributed by atoms with Gasteiger partial charge in [-0.05, 0) is 19.4 Å². The van der Waals surface area contributed by atoms with E-state index in [-0.39, 0.29) is 18.1 Å². The molecule has 2 amide bonds. The fourth-order valence-electron chi connectivity index (χ4n) is 2.23. The number of urea groups is 1. The third-order valence-corrected chi connectivity index (χ3v) is 3.23. The quantitative estimate of drug-likeness (QED) is 0.697. The average Bonchev–Trinajstić information content (AvgIpc) is 2.56. The van der Waals surface area contributed by atoms with Crippen LogP contribution in [0.2, 0.25) is 0 Å². The number of hydrogen-bond donors (Lipinski definition) is 0. The second-order valence-corrected chi connectivity index (χ2v) is 4.51. The van der Waals surface area contributed by atoms with Crippen molar-refractivity contribution in [2.75, 3.05) is 14.1 Å². The highest BCUT2D eigenvalue weighted by molar-refractivity contribution is 5.77. The van der Waals surface area contributed by atoms with Crippen LogP contribution in [0, 0.1) is 0 Å². The maximum absolute atomic E-state index is 11.8. The lowest BCUT2D eigenvalue weighted by Crippen LogP contribution is -2.28. The maximum atomic E-state index is 11.8. The molecule has 2 atom stereocenters. The first kappa shape index (κ1) is 14.3. The van der Waals surface area contributed by atoms with E-state index >= 15 is 0 Å². The Morgan fingerprint density at radius 1 is 1.17 bits per heavy atom. The minimum absolute atomic E-state index is 0.0938. The fourth-order valence-corrected chi connectivity index (χ4v) is 2.23. The smallest absolute Gasteiger partial charge is 0.320 e. The van der Waals surface area contributed by atoms with Gasteiger partial charge in [0.05, 0.1) is 12.1 Å². The van der Waals surface area contributed by atoms with Crippen molar-refractivity contribution in [3.05, 3.63) is 48.6 Å². The topological polar surface area (TPSA) is 23.6 Å². The van der Waals surface area contributed by atoms with Crippen LogP contribution in [0.5, 0.6) is 0 Å². The Hall–Kier alpha value is -1.77. The Kier molecular flexibility index (Phi) is 4.95. The van der Waals surface area contributed by atoms with Crippen molar-refractivity contribution >= 4 is 6.03 Å². The Labute approximate surface area is 110 Å². The van der Waals surface area contributed by atoms with Crippen molar-refractivity contribution in [2.45, 2.75) is 25.9 Å². The molecule has 98 valence electrons. The predicted octanol–water partition coefficient (Wildman–Crippen LogP) is 3.31. The summed E-state index contributed by atoms with van der Waals surface area (Å²) in [6, 6.07) is 10.7. The molecule has 0 saturated carbocycles. The maximum Gasteiger partial charge on any atom is 0.320 e. The minimum atomic E-state index is 0.0938. The van der Waals surface area contributed by atoms with E-state index < -0.39 is 0 Å². The van der Waals surface area contributed by atoms with Gasteiger partial charge in [-0.3, -0.25) is 0 Å². The Balaban J connectivity index is 0.000000492. The van der Waals surface area contributed by atoms with Gasteiger partial charge in [0.25, 0.3) is 0 Å². The molecule has 0 N–H and O–H groups in total. The zero-order chi connectivity index (χ0) is 13.7. The molecule has 1 heterocycles. The number of hydrogen-bond acceptors (Lipinski definition) is 1. The van der Waals surface area contributed by atoms with E-state index in [2.05, 4.69) is 25.6 Å². The summed E-state index contributed by atoms with van der Waals surface area (Å²) in [5, 5.41) is 0. The van der Waals surface area contributed by atoms with Gasteiger partial charge in [0.1, 0.15) is 0 Å². The summed E-state index contributed by atoms with van der Waals surface area (Å²) in [4.78, 5) is 15.3. The van der Waals surface area contributed by atoms with Crippen LogP contribution in [0.25, 0.3) is 0 Å². The van der Waals surface area contributed by atoms with Crippen LogP contribution >= 0.6 is 0 Å². The van der Waals surface area contributed by atoms with E-state index in [0.717, 1.165) is 0 Å². The molecule has 0 aliphatic carbocycles. The molecule has 1 aliphatic heterocycles. The van der Waals surface area contributed by atoms with Gasteiger partial charge in [-0.15, -0.1) is 6.58 Å². The van der Waals surface area contributed by atoms with Crippen molar-refractivity contribution in [1.82, 2.24) is 9.80 Å². The molecule has 0 radical (unpaired) electrons. The molecule has 1 aromatic rings. The highest BCUT2D eigenvalue weighted by atomic mass is 16.2. The number of carbonyl (C=O) groups excluding carboxylic acids is 1. The number of likely N-dealkylation sites (N-methyl/N-ethyl adjacent to an activating group) is 2. The molecule has 0 aromatic heterocycles. The molecule has 1 saturated heterocycles. The largest absolute Gasteiger partial charge is 0.323 e. The standard InChI is InChI=1S/C12H16N2O.C3H6/c1-9-11(10-7-5-4-6-8-10)14(3)12(15)13(9)2;1-3-2/h4-9,11H,1-3H3;3H,1H2,2H3. The van der Waals surface area contributed by atoms with Crippen molar-refractivity contribution in [2.24, 2.45) is 0 Å². The number of amides is 2. The van der Waals surface area contributed by atoms with Crippen LogP contribution in [-0.2, 0) is 0 Å². The van der Waals surface area contributed by atoms with Crippen LogP contribution < -0.4 is 0 Å². The summed E-state index contributed by atoms with van der Waals surface area (Å²) < 4.78 is 0. The SMILES string of the molecule is C=CC.CC1C(c2ccccc2)N(C)C(=O)N1C. The number of nitrogens with zero attached hydrogens (tertiary/aromatic N) is 2. The first-order valence-corrected chi connectivity index (χ1v) is 6.16.